The molecule has 1 aromatic carbocycles. The number of aliphatic imine (C=N–C) groups is 1. The Morgan fingerprint density at radius 2 is 1.87 bits per heavy atom. The van der Waals surface area contributed by atoms with Crippen LogP contribution in [0.5, 0.6) is 0 Å². The minimum Gasteiger partial charge on any atom is -0.357 e. The van der Waals surface area contributed by atoms with E-state index in [9.17, 15) is 18.0 Å². The van der Waals surface area contributed by atoms with Crippen LogP contribution in [0.3, 0.4) is 0 Å². The SMILES string of the molecule is CCNC(=NCC(=O)NC(C)(C)C)NC1CCN(Cc2ccc(C(F)(F)F)cc2)C1. The molecule has 1 fully saturated rings. The van der Waals surface area contributed by atoms with E-state index in [1.165, 1.54) is 12.1 Å². The molecule has 1 amide bonds. The molecule has 0 radical (unpaired) electrons. The van der Waals surface area contributed by atoms with E-state index in [-0.39, 0.29) is 24.0 Å². The van der Waals surface area contributed by atoms with Gasteiger partial charge in [0.25, 0.3) is 0 Å². The highest BCUT2D eigenvalue weighted by atomic mass is 19.4. The summed E-state index contributed by atoms with van der Waals surface area (Å²) >= 11 is 0. The van der Waals surface area contributed by atoms with Crippen molar-refractivity contribution in [3.63, 3.8) is 0 Å². The van der Waals surface area contributed by atoms with Crippen LogP contribution in [0, 0.1) is 0 Å². The van der Waals surface area contributed by atoms with Crippen molar-refractivity contribution in [1.82, 2.24) is 20.9 Å². The number of nitrogens with one attached hydrogen (secondary N) is 3. The van der Waals surface area contributed by atoms with Gasteiger partial charge in [0.05, 0.1) is 5.56 Å². The topological polar surface area (TPSA) is 68.8 Å². The van der Waals surface area contributed by atoms with E-state index < -0.39 is 11.7 Å². The third-order valence-electron chi connectivity index (χ3n) is 4.54. The molecule has 6 nitrogen and oxygen atoms in total. The maximum atomic E-state index is 12.7. The van der Waals surface area contributed by atoms with Gasteiger partial charge >= 0.3 is 6.18 Å². The molecule has 1 saturated heterocycles. The molecule has 0 aromatic heterocycles. The summed E-state index contributed by atoms with van der Waals surface area (Å²) < 4.78 is 38.1. The zero-order valence-electron chi connectivity index (χ0n) is 18.1. The number of guanidine groups is 1. The Kier molecular flexibility index (Phi) is 8.11. The summed E-state index contributed by atoms with van der Waals surface area (Å²) in [5, 5.41) is 9.37. The molecular weight excluding hydrogens is 395 g/mol. The number of hydrogen-bond acceptors (Lipinski definition) is 3. The fourth-order valence-corrected chi connectivity index (χ4v) is 3.27. The van der Waals surface area contributed by atoms with Crippen LogP contribution < -0.4 is 16.0 Å². The maximum absolute atomic E-state index is 12.7. The number of hydrogen-bond donors (Lipinski definition) is 3. The minimum absolute atomic E-state index is 0.0363. The Morgan fingerprint density at radius 3 is 2.43 bits per heavy atom. The summed E-state index contributed by atoms with van der Waals surface area (Å²) in [4.78, 5) is 18.5. The second-order valence-electron chi connectivity index (χ2n) is 8.55. The number of rotatable bonds is 6. The quantitative estimate of drug-likeness (QED) is 0.482. The molecule has 0 saturated carbocycles. The van der Waals surface area contributed by atoms with Gasteiger partial charge in [0.15, 0.2) is 5.96 Å². The largest absolute Gasteiger partial charge is 0.416 e. The monoisotopic (exact) mass is 427 g/mol. The van der Waals surface area contributed by atoms with E-state index in [4.69, 9.17) is 0 Å². The summed E-state index contributed by atoms with van der Waals surface area (Å²) in [6.45, 7) is 10.6. The first-order chi connectivity index (χ1) is 14.0. The summed E-state index contributed by atoms with van der Waals surface area (Å²) in [6.07, 6.45) is -3.42. The maximum Gasteiger partial charge on any atom is 0.416 e. The Bertz CT molecular complexity index is 726. The van der Waals surface area contributed by atoms with Gasteiger partial charge in [-0.15, -0.1) is 0 Å². The lowest BCUT2D eigenvalue weighted by Gasteiger charge is -2.21. The Labute approximate surface area is 176 Å². The lowest BCUT2D eigenvalue weighted by Crippen LogP contribution is -2.46. The molecule has 30 heavy (non-hydrogen) atoms. The van der Waals surface area contributed by atoms with Crippen molar-refractivity contribution in [2.45, 2.75) is 58.4 Å². The molecule has 1 atom stereocenters. The Hall–Kier alpha value is -2.29. The molecule has 1 heterocycles. The second kappa shape index (κ2) is 10.1. The van der Waals surface area contributed by atoms with Crippen LogP contribution in [-0.4, -0.2) is 54.5 Å². The predicted molar refractivity (Wildman–Crippen MR) is 112 cm³/mol. The van der Waals surface area contributed by atoms with E-state index in [1.54, 1.807) is 0 Å². The number of carbonyl (C=O) groups excluding carboxylic acids is 1. The molecule has 1 aliphatic heterocycles. The Balaban J connectivity index is 1.87. The lowest BCUT2D eigenvalue weighted by molar-refractivity contribution is -0.137. The number of amides is 1. The fourth-order valence-electron chi connectivity index (χ4n) is 3.27. The third kappa shape index (κ3) is 8.22. The van der Waals surface area contributed by atoms with Gasteiger partial charge in [0.1, 0.15) is 6.54 Å². The minimum atomic E-state index is -4.31. The smallest absolute Gasteiger partial charge is 0.357 e. The van der Waals surface area contributed by atoms with Crippen molar-refractivity contribution < 1.29 is 18.0 Å². The summed E-state index contributed by atoms with van der Waals surface area (Å²) in [7, 11) is 0. The van der Waals surface area contributed by atoms with Crippen molar-refractivity contribution in [3.8, 4) is 0 Å². The van der Waals surface area contributed by atoms with Crippen molar-refractivity contribution in [3.05, 3.63) is 35.4 Å². The zero-order chi connectivity index (χ0) is 22.4. The van der Waals surface area contributed by atoms with Crippen molar-refractivity contribution in [2.75, 3.05) is 26.2 Å². The van der Waals surface area contributed by atoms with Gasteiger partial charge in [-0.1, -0.05) is 12.1 Å². The fraction of sp³-hybridized carbons (Fsp3) is 0.619. The van der Waals surface area contributed by atoms with E-state index in [1.807, 2.05) is 27.7 Å². The van der Waals surface area contributed by atoms with E-state index in [0.717, 1.165) is 37.2 Å². The number of nitrogens with zero attached hydrogens (tertiary/aromatic N) is 2. The highest BCUT2D eigenvalue weighted by Gasteiger charge is 2.30. The van der Waals surface area contributed by atoms with Crippen LogP contribution in [-0.2, 0) is 17.5 Å². The molecule has 0 bridgehead atoms. The molecule has 0 aliphatic carbocycles. The first kappa shape index (κ1) is 24.0. The zero-order valence-corrected chi connectivity index (χ0v) is 18.1. The molecule has 1 aromatic rings. The molecular formula is C21H32F3N5O. The molecule has 3 N–H and O–H groups in total. The van der Waals surface area contributed by atoms with Crippen molar-refractivity contribution in [2.24, 2.45) is 4.99 Å². The average Bonchev–Trinajstić information content (AvgIpc) is 3.05. The normalized spacial score (nSPS) is 18.4. The van der Waals surface area contributed by atoms with Gasteiger partial charge in [0.2, 0.25) is 5.91 Å². The third-order valence-corrected chi connectivity index (χ3v) is 4.54. The highest BCUT2D eigenvalue weighted by molar-refractivity contribution is 5.85. The molecule has 1 aliphatic rings. The molecule has 0 spiro atoms. The van der Waals surface area contributed by atoms with E-state index >= 15 is 0 Å². The van der Waals surface area contributed by atoms with Gasteiger partial charge in [-0.2, -0.15) is 13.2 Å². The van der Waals surface area contributed by atoms with Crippen LogP contribution in [0.15, 0.2) is 29.3 Å². The van der Waals surface area contributed by atoms with Gasteiger partial charge in [-0.25, -0.2) is 4.99 Å². The van der Waals surface area contributed by atoms with Crippen LogP contribution in [0.2, 0.25) is 0 Å². The highest BCUT2D eigenvalue weighted by Crippen LogP contribution is 2.29. The molecule has 9 heteroatoms. The van der Waals surface area contributed by atoms with Gasteiger partial charge < -0.3 is 16.0 Å². The first-order valence-electron chi connectivity index (χ1n) is 10.2. The summed E-state index contributed by atoms with van der Waals surface area (Å²) in [6, 6.07) is 5.47. The van der Waals surface area contributed by atoms with Crippen molar-refractivity contribution in [1.29, 1.82) is 0 Å². The van der Waals surface area contributed by atoms with Crippen LogP contribution in [0.4, 0.5) is 13.2 Å². The van der Waals surface area contributed by atoms with Crippen LogP contribution >= 0.6 is 0 Å². The molecule has 1 unspecified atom stereocenters. The number of likely N-dealkylation sites (tertiary alicyclic amines) is 1. The standard InChI is InChI=1S/C21H32F3N5O/c1-5-25-19(26-12-18(30)28-20(2,3)4)27-17-10-11-29(14-17)13-15-6-8-16(9-7-15)21(22,23)24/h6-9,17H,5,10-14H2,1-4H3,(H,28,30)(H2,25,26,27). The van der Waals surface area contributed by atoms with Crippen LogP contribution in [0.1, 0.15) is 45.2 Å². The van der Waals surface area contributed by atoms with E-state index in [2.05, 4.69) is 25.8 Å². The number of benzene rings is 1. The number of alkyl halides is 3. The number of carbonyl (C=O) groups is 1. The van der Waals surface area contributed by atoms with E-state index in [0.29, 0.717) is 19.0 Å². The van der Waals surface area contributed by atoms with Crippen molar-refractivity contribution >= 4 is 11.9 Å². The predicted octanol–water partition coefficient (Wildman–Crippen LogP) is 2.75. The van der Waals surface area contributed by atoms with Gasteiger partial charge in [-0.3, -0.25) is 9.69 Å². The number of halogens is 3. The summed E-state index contributed by atoms with van der Waals surface area (Å²) in [5.74, 6) is 0.443. The summed E-state index contributed by atoms with van der Waals surface area (Å²) in [5.41, 5.74) is -0.0832. The first-order valence-corrected chi connectivity index (χ1v) is 10.2. The second-order valence-corrected chi connectivity index (χ2v) is 8.55. The van der Waals surface area contributed by atoms with Crippen LogP contribution in [0.25, 0.3) is 0 Å². The Morgan fingerprint density at radius 1 is 1.20 bits per heavy atom. The molecule has 2 rings (SSSR count). The van der Waals surface area contributed by atoms with Gasteiger partial charge in [-0.05, 0) is 51.8 Å². The van der Waals surface area contributed by atoms with Gasteiger partial charge in [0, 0.05) is 37.8 Å². The lowest BCUT2D eigenvalue weighted by atomic mass is 10.1. The average molecular weight is 428 g/mol. The molecule has 168 valence electrons.